The van der Waals surface area contributed by atoms with E-state index < -0.39 is 6.10 Å². The van der Waals surface area contributed by atoms with Crippen LogP contribution in [0.25, 0.3) is 0 Å². The highest BCUT2D eigenvalue weighted by molar-refractivity contribution is 9.10. The van der Waals surface area contributed by atoms with E-state index in [0.717, 1.165) is 15.7 Å². The first-order valence-electron chi connectivity index (χ1n) is 6.51. The van der Waals surface area contributed by atoms with Crippen LogP contribution in [-0.2, 0) is 16.2 Å². The van der Waals surface area contributed by atoms with Crippen LogP contribution in [0.3, 0.4) is 0 Å². The fraction of sp³-hybridized carbons (Fsp3) is 0.200. The predicted molar refractivity (Wildman–Crippen MR) is 80.7 cm³/mol. The number of benzene rings is 1. The molecule has 1 amide bonds. The maximum absolute atomic E-state index is 12.0. The normalized spacial score (nSPS) is 17.2. The topological polar surface area (TPSA) is 63.8 Å². The summed E-state index contributed by atoms with van der Waals surface area (Å²) in [4.78, 5) is 17.2. The Morgan fingerprint density at radius 2 is 2.29 bits per heavy atom. The van der Waals surface area contributed by atoms with E-state index in [1.54, 1.807) is 18.4 Å². The Morgan fingerprint density at radius 3 is 3.05 bits per heavy atom. The van der Waals surface area contributed by atoms with Crippen molar-refractivity contribution in [3.05, 3.63) is 58.5 Å². The second kappa shape index (κ2) is 6.13. The molecule has 108 valence electrons. The van der Waals surface area contributed by atoms with Crippen molar-refractivity contribution in [2.45, 2.75) is 19.1 Å². The molecule has 3 rings (SSSR count). The predicted octanol–water partition coefficient (Wildman–Crippen LogP) is 2.85. The van der Waals surface area contributed by atoms with Crippen molar-refractivity contribution in [3.8, 4) is 0 Å². The second-order valence-electron chi connectivity index (χ2n) is 4.64. The van der Waals surface area contributed by atoms with Gasteiger partial charge in [-0.3, -0.25) is 4.79 Å². The van der Waals surface area contributed by atoms with Crippen molar-refractivity contribution in [3.63, 3.8) is 0 Å². The van der Waals surface area contributed by atoms with Gasteiger partial charge in [-0.25, -0.2) is 0 Å². The summed E-state index contributed by atoms with van der Waals surface area (Å²) in [5.74, 6) is 0.509. The number of nitrogens with one attached hydrogen (secondary N) is 1. The molecule has 0 spiro atoms. The van der Waals surface area contributed by atoms with Gasteiger partial charge in [-0.1, -0.05) is 33.2 Å². The van der Waals surface area contributed by atoms with Gasteiger partial charge in [0.1, 0.15) is 5.76 Å². The molecule has 0 bridgehead atoms. The summed E-state index contributed by atoms with van der Waals surface area (Å²) < 4.78 is 6.13. The van der Waals surface area contributed by atoms with Gasteiger partial charge in [0.2, 0.25) is 6.10 Å². The summed E-state index contributed by atoms with van der Waals surface area (Å²) >= 11 is 3.41. The van der Waals surface area contributed by atoms with Crippen LogP contribution < -0.4 is 5.32 Å². The minimum atomic E-state index is -0.589. The van der Waals surface area contributed by atoms with Gasteiger partial charge >= 0.3 is 0 Å². The quantitative estimate of drug-likeness (QED) is 0.923. The first-order chi connectivity index (χ1) is 10.2. The molecule has 6 heteroatoms. The molecule has 21 heavy (non-hydrogen) atoms. The molecule has 0 aliphatic carbocycles. The first-order valence-corrected chi connectivity index (χ1v) is 7.30. The summed E-state index contributed by atoms with van der Waals surface area (Å²) in [6.07, 6.45) is 1.44. The van der Waals surface area contributed by atoms with E-state index >= 15 is 0 Å². The number of oxime groups is 1. The Morgan fingerprint density at radius 1 is 1.38 bits per heavy atom. The van der Waals surface area contributed by atoms with Crippen molar-refractivity contribution >= 4 is 27.5 Å². The zero-order valence-corrected chi connectivity index (χ0v) is 12.7. The number of hydrogen-bond acceptors (Lipinski definition) is 4. The number of carbonyl (C=O) groups excluding carboxylic acids is 1. The van der Waals surface area contributed by atoms with E-state index in [2.05, 4.69) is 26.4 Å². The number of halogens is 1. The standard InChI is InChI=1S/C15H13BrN2O3/c16-11-4-1-3-10(7-11)13-8-14(21-18-13)15(19)17-9-12-5-2-6-20-12/h1-7,14H,8-9H2,(H,17,19). The highest BCUT2D eigenvalue weighted by Crippen LogP contribution is 2.19. The fourth-order valence-corrected chi connectivity index (χ4v) is 2.46. The maximum atomic E-state index is 12.0. The Balaban J connectivity index is 1.57. The van der Waals surface area contributed by atoms with Crippen molar-refractivity contribution in [1.29, 1.82) is 0 Å². The third-order valence-corrected chi connectivity index (χ3v) is 3.63. The lowest BCUT2D eigenvalue weighted by atomic mass is 10.0. The number of amides is 1. The zero-order valence-electron chi connectivity index (χ0n) is 11.1. The Kier molecular flexibility index (Phi) is 4.06. The minimum Gasteiger partial charge on any atom is -0.467 e. The summed E-state index contributed by atoms with van der Waals surface area (Å²) in [6, 6.07) is 11.3. The molecule has 1 aliphatic heterocycles. The van der Waals surface area contributed by atoms with Gasteiger partial charge < -0.3 is 14.6 Å². The number of rotatable bonds is 4. The molecule has 0 saturated carbocycles. The van der Waals surface area contributed by atoms with Crippen LogP contribution in [0.4, 0.5) is 0 Å². The molecule has 1 N–H and O–H groups in total. The molecule has 5 nitrogen and oxygen atoms in total. The van der Waals surface area contributed by atoms with E-state index in [9.17, 15) is 4.79 Å². The summed E-state index contributed by atoms with van der Waals surface area (Å²) in [6.45, 7) is 0.345. The van der Waals surface area contributed by atoms with Crippen LogP contribution in [0.5, 0.6) is 0 Å². The smallest absolute Gasteiger partial charge is 0.264 e. The van der Waals surface area contributed by atoms with E-state index in [-0.39, 0.29) is 5.91 Å². The fourth-order valence-electron chi connectivity index (χ4n) is 2.06. The molecule has 2 heterocycles. The lowest BCUT2D eigenvalue weighted by molar-refractivity contribution is -0.131. The van der Waals surface area contributed by atoms with Gasteiger partial charge in [0.05, 0.1) is 18.5 Å². The molecular weight excluding hydrogens is 336 g/mol. The number of hydrogen-bond donors (Lipinski definition) is 1. The summed E-state index contributed by atoms with van der Waals surface area (Å²) in [5.41, 5.74) is 1.72. The molecule has 0 saturated heterocycles. The van der Waals surface area contributed by atoms with Gasteiger partial charge in [-0.15, -0.1) is 0 Å². The summed E-state index contributed by atoms with van der Waals surface area (Å²) in [5, 5.41) is 6.78. The third kappa shape index (κ3) is 3.33. The van der Waals surface area contributed by atoms with E-state index in [1.807, 2.05) is 24.3 Å². The Hall–Kier alpha value is -2.08. The van der Waals surface area contributed by atoms with E-state index in [4.69, 9.17) is 9.25 Å². The van der Waals surface area contributed by atoms with Crippen LogP contribution in [0.2, 0.25) is 0 Å². The minimum absolute atomic E-state index is 0.194. The summed E-state index contributed by atoms with van der Waals surface area (Å²) in [7, 11) is 0. The van der Waals surface area contributed by atoms with Crippen LogP contribution in [0.1, 0.15) is 17.7 Å². The number of nitrogens with zero attached hydrogens (tertiary/aromatic N) is 1. The van der Waals surface area contributed by atoms with Crippen molar-refractivity contribution in [2.24, 2.45) is 5.16 Å². The van der Waals surface area contributed by atoms with Crippen molar-refractivity contribution in [1.82, 2.24) is 5.32 Å². The molecule has 1 aromatic carbocycles. The molecule has 0 radical (unpaired) electrons. The van der Waals surface area contributed by atoms with Crippen LogP contribution in [0.15, 0.2) is 56.7 Å². The van der Waals surface area contributed by atoms with Gasteiger partial charge in [-0.05, 0) is 24.3 Å². The SMILES string of the molecule is O=C(NCc1ccco1)C1CC(c2cccc(Br)c2)=NO1. The molecule has 1 aromatic heterocycles. The van der Waals surface area contributed by atoms with Crippen LogP contribution in [0, 0.1) is 0 Å². The van der Waals surface area contributed by atoms with Crippen LogP contribution >= 0.6 is 15.9 Å². The van der Waals surface area contributed by atoms with Gasteiger partial charge in [-0.2, -0.15) is 0 Å². The molecule has 1 unspecified atom stereocenters. The maximum Gasteiger partial charge on any atom is 0.264 e. The lowest BCUT2D eigenvalue weighted by Gasteiger charge is -2.08. The largest absolute Gasteiger partial charge is 0.467 e. The highest BCUT2D eigenvalue weighted by Gasteiger charge is 2.28. The average molecular weight is 349 g/mol. The lowest BCUT2D eigenvalue weighted by Crippen LogP contribution is -2.34. The van der Waals surface area contributed by atoms with Gasteiger partial charge in [0.25, 0.3) is 5.91 Å². The van der Waals surface area contributed by atoms with E-state index in [1.165, 1.54) is 0 Å². The first kappa shape index (κ1) is 13.9. The van der Waals surface area contributed by atoms with Crippen LogP contribution in [-0.4, -0.2) is 17.7 Å². The highest BCUT2D eigenvalue weighted by atomic mass is 79.9. The number of carbonyl (C=O) groups is 1. The average Bonchev–Trinajstić information content (AvgIpc) is 3.16. The molecule has 1 atom stereocenters. The van der Waals surface area contributed by atoms with E-state index in [0.29, 0.717) is 18.7 Å². The van der Waals surface area contributed by atoms with Crippen molar-refractivity contribution < 1.29 is 14.0 Å². The monoisotopic (exact) mass is 348 g/mol. The second-order valence-corrected chi connectivity index (χ2v) is 5.56. The van der Waals surface area contributed by atoms with Crippen molar-refractivity contribution in [2.75, 3.05) is 0 Å². The molecule has 0 fully saturated rings. The Labute approximate surface area is 130 Å². The zero-order chi connectivity index (χ0) is 14.7. The molecular formula is C15H13BrN2O3. The Bertz CT molecular complexity index is 667. The van der Waals surface area contributed by atoms with Gasteiger partial charge in [0, 0.05) is 16.5 Å². The number of furan rings is 1. The third-order valence-electron chi connectivity index (χ3n) is 3.14. The molecule has 1 aliphatic rings. The van der Waals surface area contributed by atoms with Gasteiger partial charge in [0.15, 0.2) is 0 Å². The molecule has 2 aromatic rings.